The maximum Gasteiger partial charge on any atom is 0.236 e. The predicted molar refractivity (Wildman–Crippen MR) is 139 cm³/mol. The molecular weight excluding hydrogens is 450 g/mol. The van der Waals surface area contributed by atoms with Gasteiger partial charge in [0.25, 0.3) is 0 Å². The lowest BCUT2D eigenvalue weighted by Crippen LogP contribution is -2.22. The number of amides is 1. The van der Waals surface area contributed by atoms with Gasteiger partial charge in [-0.2, -0.15) is 5.10 Å². The molecule has 0 atom stereocenters. The van der Waals surface area contributed by atoms with Crippen molar-refractivity contribution in [2.45, 2.75) is 19.8 Å². The Labute approximate surface area is 209 Å². The van der Waals surface area contributed by atoms with Gasteiger partial charge in [-0.25, -0.2) is 14.6 Å². The van der Waals surface area contributed by atoms with Crippen LogP contribution in [-0.4, -0.2) is 25.7 Å². The molecule has 2 aromatic heterocycles. The summed E-state index contributed by atoms with van der Waals surface area (Å²) in [6.45, 7) is 3.90. The molecule has 7 heteroatoms. The van der Waals surface area contributed by atoms with E-state index in [9.17, 15) is 4.79 Å². The van der Waals surface area contributed by atoms with Crippen LogP contribution >= 0.6 is 0 Å². The molecule has 0 radical (unpaired) electrons. The SMILES string of the molecule is Cc1cc(C)n(-c2cc(Oc3ccc(NC(=O)C(c4ccccc4)c4ccccc4)cc3)ncn2)n1. The molecule has 0 aliphatic heterocycles. The number of benzene rings is 3. The maximum absolute atomic E-state index is 13.3. The van der Waals surface area contributed by atoms with Crippen LogP contribution in [0.15, 0.2) is 103 Å². The van der Waals surface area contributed by atoms with E-state index in [1.54, 1.807) is 22.9 Å². The van der Waals surface area contributed by atoms with Crippen molar-refractivity contribution in [3.63, 3.8) is 0 Å². The van der Waals surface area contributed by atoms with Crippen LogP contribution in [0, 0.1) is 13.8 Å². The quantitative estimate of drug-likeness (QED) is 0.320. The summed E-state index contributed by atoms with van der Waals surface area (Å²) in [4.78, 5) is 21.8. The average Bonchev–Trinajstić information content (AvgIpc) is 3.24. The molecule has 0 aliphatic rings. The molecule has 0 saturated carbocycles. The van der Waals surface area contributed by atoms with Crippen molar-refractivity contribution in [2.24, 2.45) is 0 Å². The molecule has 0 unspecified atom stereocenters. The van der Waals surface area contributed by atoms with Gasteiger partial charge < -0.3 is 10.1 Å². The fourth-order valence-electron chi connectivity index (χ4n) is 4.09. The standard InChI is InChI=1S/C29H25N5O2/c1-20-17-21(2)34(33-20)26-18-27(31-19-30-26)36-25-15-13-24(14-16-25)32-29(35)28(22-9-5-3-6-10-22)23-11-7-4-8-12-23/h3-19,28H,1-2H3,(H,32,35). The predicted octanol–water partition coefficient (Wildman–Crippen LogP) is 5.84. The van der Waals surface area contributed by atoms with Gasteiger partial charge >= 0.3 is 0 Å². The highest BCUT2D eigenvalue weighted by Gasteiger charge is 2.22. The van der Waals surface area contributed by atoms with Crippen LogP contribution in [0.5, 0.6) is 11.6 Å². The molecule has 36 heavy (non-hydrogen) atoms. The second-order valence-electron chi connectivity index (χ2n) is 8.42. The Kier molecular flexibility index (Phi) is 6.53. The summed E-state index contributed by atoms with van der Waals surface area (Å²) in [5, 5.41) is 7.49. The smallest absolute Gasteiger partial charge is 0.236 e. The molecule has 1 N–H and O–H groups in total. The Morgan fingerprint density at radius 1 is 0.833 bits per heavy atom. The number of aromatic nitrogens is 4. The van der Waals surface area contributed by atoms with Crippen LogP contribution in [0.2, 0.25) is 0 Å². The summed E-state index contributed by atoms with van der Waals surface area (Å²) in [7, 11) is 0. The van der Waals surface area contributed by atoms with Crippen LogP contribution in [0.25, 0.3) is 5.82 Å². The minimum absolute atomic E-state index is 0.105. The Bertz CT molecular complexity index is 1430. The number of hydrogen-bond acceptors (Lipinski definition) is 5. The van der Waals surface area contributed by atoms with Crippen molar-refractivity contribution in [3.8, 4) is 17.4 Å². The van der Waals surface area contributed by atoms with Gasteiger partial charge in [-0.05, 0) is 55.3 Å². The number of ether oxygens (including phenoxy) is 1. The number of carbonyl (C=O) groups excluding carboxylic acids is 1. The summed E-state index contributed by atoms with van der Waals surface area (Å²) in [5.41, 5.74) is 4.43. The number of hydrogen-bond donors (Lipinski definition) is 1. The maximum atomic E-state index is 13.3. The van der Waals surface area contributed by atoms with E-state index in [1.807, 2.05) is 92.7 Å². The molecule has 3 aromatic carbocycles. The molecule has 5 rings (SSSR count). The molecule has 0 spiro atoms. The first-order valence-electron chi connectivity index (χ1n) is 11.6. The van der Waals surface area contributed by atoms with E-state index in [0.29, 0.717) is 23.1 Å². The lowest BCUT2D eigenvalue weighted by Gasteiger charge is -2.18. The van der Waals surface area contributed by atoms with E-state index in [-0.39, 0.29) is 5.91 Å². The first-order valence-corrected chi connectivity index (χ1v) is 11.6. The van der Waals surface area contributed by atoms with E-state index >= 15 is 0 Å². The second kappa shape index (κ2) is 10.2. The van der Waals surface area contributed by atoms with Crippen LogP contribution in [0.3, 0.4) is 0 Å². The number of rotatable bonds is 7. The van der Waals surface area contributed by atoms with Crippen molar-refractivity contribution in [3.05, 3.63) is 126 Å². The molecule has 7 nitrogen and oxygen atoms in total. The zero-order valence-corrected chi connectivity index (χ0v) is 20.0. The van der Waals surface area contributed by atoms with Crippen molar-refractivity contribution in [2.75, 3.05) is 5.32 Å². The molecule has 0 bridgehead atoms. The highest BCUT2D eigenvalue weighted by atomic mass is 16.5. The van der Waals surface area contributed by atoms with E-state index in [0.717, 1.165) is 22.5 Å². The van der Waals surface area contributed by atoms with E-state index in [2.05, 4.69) is 20.4 Å². The number of anilines is 1. The first-order chi connectivity index (χ1) is 17.6. The fourth-order valence-corrected chi connectivity index (χ4v) is 4.09. The van der Waals surface area contributed by atoms with E-state index < -0.39 is 5.92 Å². The lowest BCUT2D eigenvalue weighted by molar-refractivity contribution is -0.116. The minimum Gasteiger partial charge on any atom is -0.439 e. The third kappa shape index (κ3) is 5.15. The first kappa shape index (κ1) is 23.0. The summed E-state index contributed by atoms with van der Waals surface area (Å²) in [6.07, 6.45) is 1.45. The molecular formula is C29H25N5O2. The molecule has 1 amide bonds. The van der Waals surface area contributed by atoms with Gasteiger partial charge in [0.15, 0.2) is 5.82 Å². The molecule has 0 fully saturated rings. The summed E-state index contributed by atoms with van der Waals surface area (Å²) >= 11 is 0. The van der Waals surface area contributed by atoms with Gasteiger partial charge in [0.2, 0.25) is 11.8 Å². The normalized spacial score (nSPS) is 10.9. The molecule has 0 aliphatic carbocycles. The molecule has 0 saturated heterocycles. The Morgan fingerprint density at radius 3 is 2.06 bits per heavy atom. The minimum atomic E-state index is -0.419. The molecule has 178 valence electrons. The fraction of sp³-hybridized carbons (Fsp3) is 0.103. The van der Waals surface area contributed by atoms with Gasteiger partial charge in [-0.3, -0.25) is 4.79 Å². The van der Waals surface area contributed by atoms with Crippen LogP contribution in [-0.2, 0) is 4.79 Å². The lowest BCUT2D eigenvalue weighted by atomic mass is 9.90. The Balaban J connectivity index is 1.31. The van der Waals surface area contributed by atoms with Gasteiger partial charge in [0.05, 0.1) is 11.6 Å². The van der Waals surface area contributed by atoms with Gasteiger partial charge in [0.1, 0.15) is 12.1 Å². The number of carbonyl (C=O) groups is 1. The third-order valence-corrected chi connectivity index (χ3v) is 5.73. The topological polar surface area (TPSA) is 81.9 Å². The summed E-state index contributed by atoms with van der Waals surface area (Å²) in [6, 6.07) is 30.5. The van der Waals surface area contributed by atoms with Crippen molar-refractivity contribution < 1.29 is 9.53 Å². The highest BCUT2D eigenvalue weighted by molar-refractivity contribution is 5.98. The Morgan fingerprint density at radius 2 is 1.47 bits per heavy atom. The largest absolute Gasteiger partial charge is 0.439 e. The zero-order valence-electron chi connectivity index (χ0n) is 20.0. The zero-order chi connectivity index (χ0) is 24.9. The second-order valence-corrected chi connectivity index (χ2v) is 8.42. The summed E-state index contributed by atoms with van der Waals surface area (Å²) in [5.74, 6) is 1.09. The van der Waals surface area contributed by atoms with Crippen LogP contribution < -0.4 is 10.1 Å². The number of nitrogens with one attached hydrogen (secondary N) is 1. The van der Waals surface area contributed by atoms with Crippen molar-refractivity contribution in [1.82, 2.24) is 19.7 Å². The number of aryl methyl sites for hydroxylation is 2. The van der Waals surface area contributed by atoms with Crippen molar-refractivity contribution in [1.29, 1.82) is 0 Å². The molecule has 2 heterocycles. The van der Waals surface area contributed by atoms with E-state index in [4.69, 9.17) is 4.74 Å². The van der Waals surface area contributed by atoms with Crippen LogP contribution in [0.1, 0.15) is 28.4 Å². The Hall–Kier alpha value is -4.78. The van der Waals surface area contributed by atoms with Gasteiger partial charge in [0, 0.05) is 17.4 Å². The van der Waals surface area contributed by atoms with Gasteiger partial charge in [-0.1, -0.05) is 60.7 Å². The molecule has 5 aromatic rings. The average molecular weight is 476 g/mol. The highest BCUT2D eigenvalue weighted by Crippen LogP contribution is 2.27. The van der Waals surface area contributed by atoms with Crippen molar-refractivity contribution >= 4 is 11.6 Å². The number of nitrogens with zero attached hydrogens (tertiary/aromatic N) is 4. The monoisotopic (exact) mass is 475 g/mol. The van der Waals surface area contributed by atoms with E-state index in [1.165, 1.54) is 6.33 Å². The third-order valence-electron chi connectivity index (χ3n) is 5.73. The van der Waals surface area contributed by atoms with Gasteiger partial charge in [-0.15, -0.1) is 0 Å². The summed E-state index contributed by atoms with van der Waals surface area (Å²) < 4.78 is 7.68. The van der Waals surface area contributed by atoms with Crippen LogP contribution in [0.4, 0.5) is 5.69 Å².